The molecule has 0 radical (unpaired) electrons. The van der Waals surface area contributed by atoms with Crippen molar-refractivity contribution >= 4 is 24.8 Å². The zero-order valence-corrected chi connectivity index (χ0v) is 14.8. The molecule has 1 aromatic carbocycles. The SMILES string of the molecule is C=C(C)C[C@@H](c1ccc(OC)cc1O)N1CCNCC1.Cl.Cl. The van der Waals surface area contributed by atoms with E-state index in [-0.39, 0.29) is 30.9 Å². The molecular weight excluding hydrogens is 323 g/mol. The molecule has 0 aliphatic carbocycles. The van der Waals surface area contributed by atoms with E-state index in [1.165, 1.54) is 0 Å². The van der Waals surface area contributed by atoms with Crippen molar-refractivity contribution in [3.05, 3.63) is 35.9 Å². The van der Waals surface area contributed by atoms with Crippen LogP contribution in [-0.4, -0.2) is 43.3 Å². The molecule has 1 aliphatic heterocycles. The molecule has 2 rings (SSSR count). The summed E-state index contributed by atoms with van der Waals surface area (Å²) in [5.74, 6) is 0.981. The smallest absolute Gasteiger partial charge is 0.124 e. The molecule has 1 saturated heterocycles. The summed E-state index contributed by atoms with van der Waals surface area (Å²) in [7, 11) is 1.61. The minimum atomic E-state index is 0. The topological polar surface area (TPSA) is 44.7 Å². The molecule has 0 aromatic heterocycles. The van der Waals surface area contributed by atoms with E-state index in [1.807, 2.05) is 19.1 Å². The summed E-state index contributed by atoms with van der Waals surface area (Å²) in [4.78, 5) is 2.41. The lowest BCUT2D eigenvalue weighted by Gasteiger charge is -2.35. The van der Waals surface area contributed by atoms with Gasteiger partial charge in [-0.2, -0.15) is 0 Å². The van der Waals surface area contributed by atoms with E-state index in [1.54, 1.807) is 13.2 Å². The van der Waals surface area contributed by atoms with Crippen molar-refractivity contribution in [1.29, 1.82) is 0 Å². The van der Waals surface area contributed by atoms with E-state index >= 15 is 0 Å². The molecule has 0 amide bonds. The molecule has 1 atom stereocenters. The van der Waals surface area contributed by atoms with Gasteiger partial charge < -0.3 is 15.2 Å². The number of nitrogens with one attached hydrogen (secondary N) is 1. The molecule has 1 aromatic rings. The Kier molecular flexibility index (Phi) is 9.53. The molecule has 1 heterocycles. The number of hydrogen-bond donors (Lipinski definition) is 2. The van der Waals surface area contributed by atoms with E-state index in [0.717, 1.165) is 43.7 Å². The largest absolute Gasteiger partial charge is 0.507 e. The number of piperazine rings is 1. The van der Waals surface area contributed by atoms with Crippen molar-refractivity contribution in [2.45, 2.75) is 19.4 Å². The van der Waals surface area contributed by atoms with Crippen LogP contribution in [0.2, 0.25) is 0 Å². The van der Waals surface area contributed by atoms with Gasteiger partial charge in [0.05, 0.1) is 7.11 Å². The molecule has 2 N–H and O–H groups in total. The molecule has 4 nitrogen and oxygen atoms in total. The minimum Gasteiger partial charge on any atom is -0.507 e. The second-order valence-electron chi connectivity index (χ2n) is 5.39. The molecule has 1 fully saturated rings. The molecule has 0 saturated carbocycles. The van der Waals surface area contributed by atoms with Gasteiger partial charge >= 0.3 is 0 Å². The van der Waals surface area contributed by atoms with Crippen molar-refractivity contribution in [2.75, 3.05) is 33.3 Å². The zero-order chi connectivity index (χ0) is 14.5. The van der Waals surface area contributed by atoms with Gasteiger partial charge in [-0.05, 0) is 19.4 Å². The number of methoxy groups -OCH3 is 1. The number of phenols is 1. The molecule has 126 valence electrons. The quantitative estimate of drug-likeness (QED) is 0.802. The third-order valence-corrected chi connectivity index (χ3v) is 3.73. The van der Waals surface area contributed by atoms with Crippen molar-refractivity contribution in [3.63, 3.8) is 0 Å². The molecule has 22 heavy (non-hydrogen) atoms. The molecular formula is C16H26Cl2N2O2. The van der Waals surface area contributed by atoms with Crippen molar-refractivity contribution < 1.29 is 9.84 Å². The average molecular weight is 349 g/mol. The van der Waals surface area contributed by atoms with Gasteiger partial charge in [-0.15, -0.1) is 31.4 Å². The van der Waals surface area contributed by atoms with Gasteiger partial charge in [0.2, 0.25) is 0 Å². The van der Waals surface area contributed by atoms with Crippen LogP contribution in [0.5, 0.6) is 11.5 Å². The summed E-state index contributed by atoms with van der Waals surface area (Å²) < 4.78 is 5.16. The zero-order valence-electron chi connectivity index (χ0n) is 13.2. The van der Waals surface area contributed by atoms with Crippen LogP contribution in [0.1, 0.15) is 24.9 Å². The van der Waals surface area contributed by atoms with Crippen LogP contribution in [-0.2, 0) is 0 Å². The Labute approximate surface area is 145 Å². The van der Waals surface area contributed by atoms with Crippen LogP contribution in [0.3, 0.4) is 0 Å². The van der Waals surface area contributed by atoms with Crippen LogP contribution in [0.4, 0.5) is 0 Å². The predicted molar refractivity (Wildman–Crippen MR) is 95.8 cm³/mol. The molecule has 1 aliphatic rings. The van der Waals surface area contributed by atoms with Gasteiger partial charge in [0.1, 0.15) is 11.5 Å². The number of hydrogen-bond acceptors (Lipinski definition) is 4. The summed E-state index contributed by atoms with van der Waals surface area (Å²) in [6.45, 7) is 10.0. The van der Waals surface area contributed by atoms with E-state index < -0.39 is 0 Å². The number of nitrogens with zero attached hydrogens (tertiary/aromatic N) is 1. The van der Waals surface area contributed by atoms with Crippen molar-refractivity contribution in [2.24, 2.45) is 0 Å². The molecule has 6 heteroatoms. The molecule has 0 bridgehead atoms. The van der Waals surface area contributed by atoms with Gasteiger partial charge in [-0.25, -0.2) is 0 Å². The Morgan fingerprint density at radius 2 is 2.00 bits per heavy atom. The summed E-state index contributed by atoms with van der Waals surface area (Å²) in [6, 6.07) is 5.73. The van der Waals surface area contributed by atoms with Crippen LogP contribution < -0.4 is 10.1 Å². The van der Waals surface area contributed by atoms with Gasteiger partial charge in [-0.1, -0.05) is 11.6 Å². The van der Waals surface area contributed by atoms with Gasteiger partial charge in [0.25, 0.3) is 0 Å². The van der Waals surface area contributed by atoms with Gasteiger partial charge in [-0.3, -0.25) is 4.90 Å². The lowest BCUT2D eigenvalue weighted by atomic mass is 9.97. The number of ether oxygens (including phenoxy) is 1. The van der Waals surface area contributed by atoms with E-state index in [9.17, 15) is 5.11 Å². The first-order valence-electron chi connectivity index (χ1n) is 7.08. The van der Waals surface area contributed by atoms with Gasteiger partial charge in [0.15, 0.2) is 0 Å². The number of phenolic OH excluding ortho intramolecular Hbond substituents is 1. The monoisotopic (exact) mass is 348 g/mol. The number of halogens is 2. The highest BCUT2D eigenvalue weighted by Crippen LogP contribution is 2.35. The first kappa shape index (κ1) is 21.1. The Balaban J connectivity index is 0.00000220. The Morgan fingerprint density at radius 1 is 1.36 bits per heavy atom. The lowest BCUT2D eigenvalue weighted by Crippen LogP contribution is -2.45. The number of rotatable bonds is 5. The van der Waals surface area contributed by atoms with E-state index in [0.29, 0.717) is 11.5 Å². The van der Waals surface area contributed by atoms with E-state index in [4.69, 9.17) is 4.74 Å². The minimum absolute atomic E-state index is 0. The molecule has 0 spiro atoms. The first-order chi connectivity index (χ1) is 9.61. The predicted octanol–water partition coefficient (Wildman–Crippen LogP) is 3.16. The van der Waals surface area contributed by atoms with Crippen molar-refractivity contribution in [1.82, 2.24) is 10.2 Å². The highest BCUT2D eigenvalue weighted by Gasteiger charge is 2.24. The normalized spacial score (nSPS) is 16.1. The van der Waals surface area contributed by atoms with Crippen LogP contribution >= 0.6 is 24.8 Å². The van der Waals surface area contributed by atoms with E-state index in [2.05, 4.69) is 16.8 Å². The molecule has 0 unspecified atom stereocenters. The van der Waals surface area contributed by atoms with Gasteiger partial charge in [0, 0.05) is 43.9 Å². The van der Waals surface area contributed by atoms with Crippen LogP contribution in [0.15, 0.2) is 30.4 Å². The third kappa shape index (κ3) is 5.36. The second kappa shape index (κ2) is 9.95. The standard InChI is InChI=1S/C16H24N2O2.2ClH/c1-12(2)10-15(18-8-6-17-7-9-18)14-5-4-13(20-3)11-16(14)19;;/h4-5,11,15,17,19H,1,6-10H2,2-3H3;2*1H/t15-;;/m0../s1. The summed E-state index contributed by atoms with van der Waals surface area (Å²) in [5.41, 5.74) is 2.08. The third-order valence-electron chi connectivity index (χ3n) is 3.73. The fourth-order valence-electron chi connectivity index (χ4n) is 2.69. The van der Waals surface area contributed by atoms with Crippen molar-refractivity contribution in [3.8, 4) is 11.5 Å². The fourth-order valence-corrected chi connectivity index (χ4v) is 2.69. The fraction of sp³-hybridized carbons (Fsp3) is 0.500. The Morgan fingerprint density at radius 3 is 2.50 bits per heavy atom. The number of benzene rings is 1. The summed E-state index contributed by atoms with van der Waals surface area (Å²) in [6.07, 6.45) is 0.861. The van der Waals surface area contributed by atoms with Crippen LogP contribution in [0, 0.1) is 0 Å². The maximum atomic E-state index is 10.3. The highest BCUT2D eigenvalue weighted by molar-refractivity contribution is 5.85. The Bertz CT molecular complexity index is 477. The Hall–Kier alpha value is -0.940. The second-order valence-corrected chi connectivity index (χ2v) is 5.39. The summed E-state index contributed by atoms with van der Waals surface area (Å²) >= 11 is 0. The first-order valence-corrected chi connectivity index (χ1v) is 7.08. The average Bonchev–Trinajstić information content (AvgIpc) is 2.45. The maximum Gasteiger partial charge on any atom is 0.124 e. The number of aromatic hydroxyl groups is 1. The maximum absolute atomic E-state index is 10.3. The highest BCUT2D eigenvalue weighted by atomic mass is 35.5. The lowest BCUT2D eigenvalue weighted by molar-refractivity contribution is 0.170. The summed E-state index contributed by atoms with van der Waals surface area (Å²) in [5, 5.41) is 13.6. The van der Waals surface area contributed by atoms with Crippen LogP contribution in [0.25, 0.3) is 0 Å².